The van der Waals surface area contributed by atoms with Crippen LogP contribution in [0.5, 0.6) is 0 Å². The highest BCUT2D eigenvalue weighted by Crippen LogP contribution is 2.27. The van der Waals surface area contributed by atoms with E-state index < -0.39 is 11.2 Å². The summed E-state index contributed by atoms with van der Waals surface area (Å²) in [5.74, 6) is -1.16. The van der Waals surface area contributed by atoms with Crippen molar-refractivity contribution < 1.29 is 19.1 Å². The number of anilines is 2. The van der Waals surface area contributed by atoms with Crippen molar-refractivity contribution in [3.05, 3.63) is 54.1 Å². The molecule has 1 fully saturated rings. The molecule has 0 saturated carbocycles. The number of benzene rings is 2. The van der Waals surface area contributed by atoms with Gasteiger partial charge in [-0.25, -0.2) is 9.79 Å². The number of rotatable bonds is 7. The van der Waals surface area contributed by atoms with E-state index in [1.165, 1.54) is 11.8 Å². The minimum absolute atomic E-state index is 0.0494. The van der Waals surface area contributed by atoms with Crippen molar-refractivity contribution in [2.24, 2.45) is 4.99 Å². The van der Waals surface area contributed by atoms with Gasteiger partial charge < -0.3 is 20.3 Å². The first-order valence-corrected chi connectivity index (χ1v) is 10.6. The van der Waals surface area contributed by atoms with Crippen molar-refractivity contribution in [3.8, 4) is 0 Å². The van der Waals surface area contributed by atoms with Crippen molar-refractivity contribution >= 4 is 51.8 Å². The van der Waals surface area contributed by atoms with Gasteiger partial charge in [-0.3, -0.25) is 9.59 Å². The normalized spacial score (nSPS) is 16.7. The number of amidine groups is 1. The molecule has 1 unspecified atom stereocenters. The molecule has 9 heteroatoms. The molecule has 0 bridgehead atoms. The van der Waals surface area contributed by atoms with Crippen molar-refractivity contribution in [2.45, 2.75) is 18.6 Å². The lowest BCUT2D eigenvalue weighted by atomic mass is 10.1. The van der Waals surface area contributed by atoms with Gasteiger partial charge in [0.2, 0.25) is 11.8 Å². The minimum atomic E-state index is -0.602. The van der Waals surface area contributed by atoms with Gasteiger partial charge in [0, 0.05) is 26.2 Å². The molecule has 8 nitrogen and oxygen atoms in total. The Hall–Kier alpha value is -3.33. The van der Waals surface area contributed by atoms with Crippen LogP contribution in [0.15, 0.2) is 53.5 Å². The summed E-state index contributed by atoms with van der Waals surface area (Å²) in [6.45, 7) is 1.95. The van der Waals surface area contributed by atoms with Crippen LogP contribution in [0.2, 0.25) is 0 Å². The van der Waals surface area contributed by atoms with Crippen LogP contribution in [0.3, 0.4) is 0 Å². The van der Waals surface area contributed by atoms with Gasteiger partial charge in [-0.05, 0) is 43.3 Å². The molecule has 2 aromatic carbocycles. The molecule has 2 aromatic rings. The van der Waals surface area contributed by atoms with Gasteiger partial charge >= 0.3 is 5.97 Å². The lowest BCUT2D eigenvalue weighted by Gasteiger charge is -2.11. The molecule has 31 heavy (non-hydrogen) atoms. The Bertz CT molecular complexity index is 1000. The molecule has 162 valence electrons. The van der Waals surface area contributed by atoms with Crippen LogP contribution in [0.1, 0.15) is 23.7 Å². The Morgan fingerprint density at radius 2 is 1.87 bits per heavy atom. The smallest absolute Gasteiger partial charge is 0.340 e. The van der Waals surface area contributed by atoms with E-state index >= 15 is 0 Å². The Labute approximate surface area is 185 Å². The van der Waals surface area contributed by atoms with Crippen LogP contribution in [-0.4, -0.2) is 48.9 Å². The number of amides is 2. The number of carbonyl (C=O) groups is 3. The van der Waals surface area contributed by atoms with Crippen molar-refractivity contribution in [1.82, 2.24) is 5.32 Å². The Morgan fingerprint density at radius 3 is 2.55 bits per heavy atom. The predicted molar refractivity (Wildman–Crippen MR) is 123 cm³/mol. The minimum Gasteiger partial charge on any atom is -0.462 e. The number of ether oxygens (including phenoxy) is 1. The van der Waals surface area contributed by atoms with Gasteiger partial charge in [0.25, 0.3) is 0 Å². The van der Waals surface area contributed by atoms with Gasteiger partial charge in [0.1, 0.15) is 5.25 Å². The summed E-state index contributed by atoms with van der Waals surface area (Å²) in [6.07, 6.45) is -0.0494. The molecule has 0 aliphatic carbocycles. The number of hydrogen-bond donors (Lipinski definition) is 2. The fourth-order valence-corrected chi connectivity index (χ4v) is 3.87. The number of esters is 1. The van der Waals surface area contributed by atoms with Crippen LogP contribution in [0.25, 0.3) is 0 Å². The largest absolute Gasteiger partial charge is 0.462 e. The van der Waals surface area contributed by atoms with Gasteiger partial charge in [0.05, 0.1) is 23.5 Å². The molecule has 1 aliphatic heterocycles. The van der Waals surface area contributed by atoms with E-state index in [4.69, 9.17) is 4.74 Å². The standard InChI is InChI=1S/C22H24N4O4S/c1-4-30-21(29)16-7-5-6-8-17(16)24-19(27)13-18-20(28)25-22(31-18)23-14-9-11-15(12-10-14)26(2)3/h5-12,18H,4,13H2,1-3H3,(H,24,27)(H,23,25,28). The number of carbonyl (C=O) groups excluding carboxylic acids is 3. The zero-order valence-electron chi connectivity index (χ0n) is 17.5. The molecule has 1 saturated heterocycles. The Balaban J connectivity index is 1.63. The maximum Gasteiger partial charge on any atom is 0.340 e. The summed E-state index contributed by atoms with van der Waals surface area (Å²) >= 11 is 1.21. The number of hydrogen-bond acceptors (Lipinski definition) is 7. The summed E-state index contributed by atoms with van der Waals surface area (Å²) in [7, 11) is 3.91. The van der Waals surface area contributed by atoms with Gasteiger partial charge in [0.15, 0.2) is 5.17 Å². The summed E-state index contributed by atoms with van der Waals surface area (Å²) < 4.78 is 5.01. The second kappa shape index (κ2) is 10.1. The average Bonchev–Trinajstić information content (AvgIpc) is 3.07. The van der Waals surface area contributed by atoms with Crippen LogP contribution >= 0.6 is 11.8 Å². The zero-order chi connectivity index (χ0) is 22.4. The van der Waals surface area contributed by atoms with Gasteiger partial charge in [-0.1, -0.05) is 23.9 Å². The zero-order valence-corrected chi connectivity index (χ0v) is 18.4. The molecule has 0 radical (unpaired) electrons. The molecule has 1 atom stereocenters. The van der Waals surface area contributed by atoms with E-state index in [0.717, 1.165) is 5.69 Å². The molecular weight excluding hydrogens is 416 g/mol. The van der Waals surface area contributed by atoms with E-state index in [-0.39, 0.29) is 30.4 Å². The summed E-state index contributed by atoms with van der Waals surface area (Å²) in [5, 5.41) is 5.26. The van der Waals surface area contributed by atoms with E-state index in [9.17, 15) is 14.4 Å². The number of aliphatic imine (C=N–C) groups is 1. The molecule has 3 rings (SSSR count). The Kier molecular flexibility index (Phi) is 7.30. The van der Waals surface area contributed by atoms with E-state index in [0.29, 0.717) is 16.5 Å². The topological polar surface area (TPSA) is 100 Å². The molecular formula is C22H24N4O4S. The lowest BCUT2D eigenvalue weighted by molar-refractivity contribution is -0.122. The fraction of sp³-hybridized carbons (Fsp3) is 0.273. The fourth-order valence-electron chi connectivity index (χ4n) is 2.88. The number of nitrogens with zero attached hydrogens (tertiary/aromatic N) is 2. The van der Waals surface area contributed by atoms with Crippen molar-refractivity contribution in [3.63, 3.8) is 0 Å². The first kappa shape index (κ1) is 22.4. The highest BCUT2D eigenvalue weighted by Gasteiger charge is 2.32. The van der Waals surface area contributed by atoms with Crippen LogP contribution in [0, 0.1) is 0 Å². The highest BCUT2D eigenvalue weighted by molar-refractivity contribution is 8.15. The number of nitrogens with one attached hydrogen (secondary N) is 2. The predicted octanol–water partition coefficient (Wildman–Crippen LogP) is 3.18. The molecule has 1 aliphatic rings. The van der Waals surface area contributed by atoms with Gasteiger partial charge in [-0.2, -0.15) is 0 Å². The number of para-hydroxylation sites is 1. The summed E-state index contributed by atoms with van der Waals surface area (Å²) in [6, 6.07) is 14.2. The third-order valence-corrected chi connectivity index (χ3v) is 5.52. The molecule has 2 N–H and O–H groups in total. The van der Waals surface area contributed by atoms with Crippen molar-refractivity contribution in [2.75, 3.05) is 30.9 Å². The maximum atomic E-state index is 12.5. The van der Waals surface area contributed by atoms with Crippen LogP contribution < -0.4 is 15.5 Å². The van der Waals surface area contributed by atoms with Crippen molar-refractivity contribution in [1.29, 1.82) is 0 Å². The first-order valence-electron chi connectivity index (χ1n) is 9.77. The van der Waals surface area contributed by atoms with Gasteiger partial charge in [-0.15, -0.1) is 0 Å². The van der Waals surface area contributed by atoms with E-state index in [1.807, 2.05) is 43.3 Å². The maximum absolute atomic E-state index is 12.5. The summed E-state index contributed by atoms with van der Waals surface area (Å²) in [4.78, 5) is 43.3. The lowest BCUT2D eigenvalue weighted by Crippen LogP contribution is -2.28. The first-order chi connectivity index (χ1) is 14.9. The van der Waals surface area contributed by atoms with Crippen LogP contribution in [-0.2, 0) is 14.3 Å². The number of thioether (sulfide) groups is 1. The van der Waals surface area contributed by atoms with E-state index in [2.05, 4.69) is 15.6 Å². The van der Waals surface area contributed by atoms with Crippen LogP contribution in [0.4, 0.5) is 17.1 Å². The monoisotopic (exact) mass is 440 g/mol. The molecule has 2 amide bonds. The molecule has 0 spiro atoms. The van der Waals surface area contributed by atoms with E-state index in [1.54, 1.807) is 31.2 Å². The SMILES string of the molecule is CCOC(=O)c1ccccc1NC(=O)CC1SC(=Nc2ccc(N(C)C)cc2)NC1=O. The highest BCUT2D eigenvalue weighted by atomic mass is 32.2. The second-order valence-electron chi connectivity index (χ2n) is 6.94. The summed E-state index contributed by atoms with van der Waals surface area (Å²) in [5.41, 5.74) is 2.38. The molecule has 1 heterocycles. The average molecular weight is 441 g/mol. The Morgan fingerprint density at radius 1 is 1.16 bits per heavy atom. The third kappa shape index (κ3) is 5.85. The second-order valence-corrected chi connectivity index (χ2v) is 8.13. The third-order valence-electron chi connectivity index (χ3n) is 4.44. The molecule has 0 aromatic heterocycles. The quantitative estimate of drug-likeness (QED) is 0.642.